The second kappa shape index (κ2) is 4.37. The Bertz CT molecular complexity index is 670. The fourth-order valence-corrected chi connectivity index (χ4v) is 1.89. The van der Waals surface area contributed by atoms with Gasteiger partial charge in [-0.3, -0.25) is 4.79 Å². The molecule has 0 unspecified atom stereocenters. The lowest BCUT2D eigenvalue weighted by Crippen LogP contribution is -2.18. The zero-order chi connectivity index (χ0) is 12.4. The van der Waals surface area contributed by atoms with E-state index in [1.165, 1.54) is 6.26 Å². The standard InChI is InChI=1S/C13H11N3O2/c17-13(14-12-6-8-18-15-12)9-16-7-5-10-3-1-2-4-11(10)16/h1-8H,9H2,(H,14,15,17). The third kappa shape index (κ3) is 1.98. The molecule has 5 heteroatoms. The van der Waals surface area contributed by atoms with Gasteiger partial charge in [-0.05, 0) is 17.5 Å². The van der Waals surface area contributed by atoms with Crippen LogP contribution in [0.4, 0.5) is 5.82 Å². The lowest BCUT2D eigenvalue weighted by atomic mass is 10.2. The zero-order valence-electron chi connectivity index (χ0n) is 9.54. The largest absolute Gasteiger partial charge is 0.363 e. The molecule has 0 bridgehead atoms. The highest BCUT2D eigenvalue weighted by molar-refractivity contribution is 5.91. The van der Waals surface area contributed by atoms with Crippen LogP contribution in [0.5, 0.6) is 0 Å². The van der Waals surface area contributed by atoms with E-state index in [4.69, 9.17) is 0 Å². The molecule has 0 aliphatic heterocycles. The van der Waals surface area contributed by atoms with Gasteiger partial charge in [-0.25, -0.2) is 0 Å². The first kappa shape index (κ1) is 10.6. The van der Waals surface area contributed by atoms with Gasteiger partial charge >= 0.3 is 0 Å². The van der Waals surface area contributed by atoms with Crippen LogP contribution >= 0.6 is 0 Å². The van der Waals surface area contributed by atoms with Crippen molar-refractivity contribution >= 4 is 22.6 Å². The van der Waals surface area contributed by atoms with Crippen molar-refractivity contribution in [3.05, 3.63) is 48.9 Å². The average Bonchev–Trinajstić information content (AvgIpc) is 3.00. The van der Waals surface area contributed by atoms with Crippen molar-refractivity contribution in [2.24, 2.45) is 0 Å². The summed E-state index contributed by atoms with van der Waals surface area (Å²) in [6.45, 7) is 0.250. The van der Waals surface area contributed by atoms with Gasteiger partial charge < -0.3 is 14.4 Å². The van der Waals surface area contributed by atoms with E-state index in [0.717, 1.165) is 10.9 Å². The maximum atomic E-state index is 11.8. The third-order valence-corrected chi connectivity index (χ3v) is 2.70. The van der Waals surface area contributed by atoms with Gasteiger partial charge in [0.1, 0.15) is 12.8 Å². The molecule has 0 aliphatic carbocycles. The molecule has 90 valence electrons. The Morgan fingerprint density at radius 1 is 1.28 bits per heavy atom. The maximum absolute atomic E-state index is 11.8. The summed E-state index contributed by atoms with van der Waals surface area (Å²) < 4.78 is 6.54. The molecule has 1 amide bonds. The molecule has 0 aliphatic rings. The quantitative estimate of drug-likeness (QED) is 0.765. The van der Waals surface area contributed by atoms with Gasteiger partial charge in [0.2, 0.25) is 5.91 Å². The molecule has 0 radical (unpaired) electrons. The summed E-state index contributed by atoms with van der Waals surface area (Å²) in [7, 11) is 0. The first-order valence-corrected chi connectivity index (χ1v) is 5.57. The molecule has 1 N–H and O–H groups in total. The number of hydrogen-bond acceptors (Lipinski definition) is 3. The van der Waals surface area contributed by atoms with Crippen molar-refractivity contribution in [1.29, 1.82) is 0 Å². The Labute approximate surface area is 103 Å². The topological polar surface area (TPSA) is 60.1 Å². The van der Waals surface area contributed by atoms with Crippen LogP contribution in [0.3, 0.4) is 0 Å². The van der Waals surface area contributed by atoms with Crippen LogP contribution in [-0.2, 0) is 11.3 Å². The Kier molecular flexibility index (Phi) is 2.57. The van der Waals surface area contributed by atoms with Gasteiger partial charge in [0, 0.05) is 17.8 Å². The van der Waals surface area contributed by atoms with E-state index in [0.29, 0.717) is 5.82 Å². The molecular formula is C13H11N3O2. The molecular weight excluding hydrogens is 230 g/mol. The minimum absolute atomic E-state index is 0.134. The smallest absolute Gasteiger partial charge is 0.245 e. The molecule has 0 spiro atoms. The zero-order valence-corrected chi connectivity index (χ0v) is 9.54. The normalized spacial score (nSPS) is 10.7. The first-order valence-electron chi connectivity index (χ1n) is 5.57. The van der Waals surface area contributed by atoms with E-state index in [2.05, 4.69) is 15.0 Å². The lowest BCUT2D eigenvalue weighted by molar-refractivity contribution is -0.116. The van der Waals surface area contributed by atoms with Gasteiger partial charge in [-0.2, -0.15) is 0 Å². The average molecular weight is 241 g/mol. The van der Waals surface area contributed by atoms with E-state index in [1.807, 2.05) is 41.1 Å². The summed E-state index contributed by atoms with van der Waals surface area (Å²) >= 11 is 0. The van der Waals surface area contributed by atoms with Gasteiger partial charge in [0.15, 0.2) is 5.82 Å². The highest BCUT2D eigenvalue weighted by Gasteiger charge is 2.07. The number of hydrogen-bond donors (Lipinski definition) is 1. The minimum atomic E-state index is -0.134. The van der Waals surface area contributed by atoms with E-state index in [-0.39, 0.29) is 12.5 Å². The van der Waals surface area contributed by atoms with Gasteiger partial charge in [-0.1, -0.05) is 23.4 Å². The molecule has 0 fully saturated rings. The number of rotatable bonds is 3. The highest BCUT2D eigenvalue weighted by atomic mass is 16.5. The molecule has 5 nitrogen and oxygen atoms in total. The number of benzene rings is 1. The van der Waals surface area contributed by atoms with E-state index < -0.39 is 0 Å². The van der Waals surface area contributed by atoms with Crippen LogP contribution in [-0.4, -0.2) is 15.6 Å². The summed E-state index contributed by atoms with van der Waals surface area (Å²) in [5.41, 5.74) is 1.04. The monoisotopic (exact) mass is 241 g/mol. The number of carbonyl (C=O) groups is 1. The Morgan fingerprint density at radius 3 is 3.00 bits per heavy atom. The van der Waals surface area contributed by atoms with Gasteiger partial charge in [0.05, 0.1) is 0 Å². The number of anilines is 1. The molecule has 3 aromatic rings. The molecule has 0 saturated heterocycles. The minimum Gasteiger partial charge on any atom is -0.363 e. The lowest BCUT2D eigenvalue weighted by Gasteiger charge is -2.04. The number of carbonyl (C=O) groups excluding carboxylic acids is 1. The predicted octanol–water partition coefficient (Wildman–Crippen LogP) is 2.27. The Balaban J connectivity index is 1.78. The molecule has 0 saturated carbocycles. The van der Waals surface area contributed by atoms with Crippen LogP contribution < -0.4 is 5.32 Å². The number of nitrogens with one attached hydrogen (secondary N) is 1. The fourth-order valence-electron chi connectivity index (χ4n) is 1.89. The second-order valence-corrected chi connectivity index (χ2v) is 3.94. The van der Waals surface area contributed by atoms with Crippen molar-refractivity contribution in [2.75, 3.05) is 5.32 Å². The molecule has 1 aromatic carbocycles. The number of aromatic nitrogens is 2. The summed E-state index contributed by atoms with van der Waals surface area (Å²) in [6, 6.07) is 11.5. The third-order valence-electron chi connectivity index (χ3n) is 2.70. The summed E-state index contributed by atoms with van der Waals surface area (Å²) in [5, 5.41) is 7.41. The van der Waals surface area contributed by atoms with Crippen molar-refractivity contribution in [3.63, 3.8) is 0 Å². The van der Waals surface area contributed by atoms with Crippen molar-refractivity contribution in [2.45, 2.75) is 6.54 Å². The van der Waals surface area contributed by atoms with Crippen LogP contribution in [0, 0.1) is 0 Å². The summed E-state index contributed by atoms with van der Waals surface area (Å²) in [5.74, 6) is 0.293. The number of para-hydroxylation sites is 1. The van der Waals surface area contributed by atoms with Crippen molar-refractivity contribution in [1.82, 2.24) is 9.72 Å². The van der Waals surface area contributed by atoms with Crippen LogP contribution in [0.2, 0.25) is 0 Å². The second-order valence-electron chi connectivity index (χ2n) is 3.94. The van der Waals surface area contributed by atoms with Crippen LogP contribution in [0.25, 0.3) is 10.9 Å². The Morgan fingerprint density at radius 2 is 2.17 bits per heavy atom. The van der Waals surface area contributed by atoms with E-state index in [9.17, 15) is 4.79 Å². The van der Waals surface area contributed by atoms with Gasteiger partial charge in [0.25, 0.3) is 0 Å². The van der Waals surface area contributed by atoms with E-state index >= 15 is 0 Å². The first-order chi connectivity index (χ1) is 8.83. The van der Waals surface area contributed by atoms with E-state index in [1.54, 1.807) is 6.07 Å². The van der Waals surface area contributed by atoms with Crippen LogP contribution in [0.1, 0.15) is 0 Å². The van der Waals surface area contributed by atoms with Crippen molar-refractivity contribution < 1.29 is 9.32 Å². The SMILES string of the molecule is O=C(Cn1ccc2ccccc21)Nc1ccon1. The van der Waals surface area contributed by atoms with Crippen LogP contribution in [0.15, 0.2) is 53.4 Å². The molecule has 3 rings (SSSR count). The predicted molar refractivity (Wildman–Crippen MR) is 67.1 cm³/mol. The Hall–Kier alpha value is -2.56. The summed E-state index contributed by atoms with van der Waals surface area (Å²) in [6.07, 6.45) is 3.31. The fraction of sp³-hybridized carbons (Fsp3) is 0.0769. The number of nitrogens with zero attached hydrogens (tertiary/aromatic N) is 2. The number of amides is 1. The summed E-state index contributed by atoms with van der Waals surface area (Å²) in [4.78, 5) is 11.8. The maximum Gasteiger partial charge on any atom is 0.245 e. The molecule has 2 aromatic heterocycles. The molecule has 2 heterocycles. The van der Waals surface area contributed by atoms with Crippen molar-refractivity contribution in [3.8, 4) is 0 Å². The molecule has 18 heavy (non-hydrogen) atoms. The number of fused-ring (bicyclic) bond motifs is 1. The highest BCUT2D eigenvalue weighted by Crippen LogP contribution is 2.15. The molecule has 0 atom stereocenters. The van der Waals surface area contributed by atoms with Gasteiger partial charge in [-0.15, -0.1) is 0 Å².